The molecule has 11 heteroatoms. The summed E-state index contributed by atoms with van der Waals surface area (Å²) >= 11 is 0. The Morgan fingerprint density at radius 3 is 2.35 bits per heavy atom. The number of amides is 1. The van der Waals surface area contributed by atoms with Gasteiger partial charge in [-0.25, -0.2) is 17.4 Å². The fourth-order valence-electron chi connectivity index (χ4n) is 6.05. The van der Waals surface area contributed by atoms with Crippen LogP contribution in [0.5, 0.6) is 5.75 Å². The molecule has 3 aromatic carbocycles. The molecule has 3 aromatic heterocycles. The van der Waals surface area contributed by atoms with E-state index in [0.29, 0.717) is 25.1 Å². The van der Waals surface area contributed by atoms with Crippen molar-refractivity contribution in [3.8, 4) is 28.1 Å². The average Bonchev–Trinajstić information content (AvgIpc) is 3.55. The standard InChI is InChI=1S/C37H35N5O5S/c1-25-4-12-30(13-5-25)48(45,46)42-17-16-31-32(23-40(3)37(44)36(31)42)27-8-14-34-28(22-27)9-15-33(38-34)26-6-10-29(11-7-26)47-21-20-41-19-18-39(2)35(43)24-41/h4-17,22-23H,18-21,24H2,1-3H3. The van der Waals surface area contributed by atoms with E-state index in [1.807, 2.05) is 68.6 Å². The van der Waals surface area contributed by atoms with Crippen LogP contribution in [0.25, 0.3) is 44.2 Å². The molecular weight excluding hydrogens is 627 g/mol. The second-order valence-electron chi connectivity index (χ2n) is 12.2. The first-order chi connectivity index (χ1) is 23.1. The average molecular weight is 662 g/mol. The highest BCUT2D eigenvalue weighted by atomic mass is 32.2. The van der Waals surface area contributed by atoms with Gasteiger partial charge in [0.15, 0.2) is 0 Å². The first-order valence-electron chi connectivity index (χ1n) is 15.7. The SMILES string of the molecule is Cc1ccc(S(=O)(=O)n2ccc3c(-c4ccc5nc(-c6ccc(OCCN7CCN(C)C(=O)C7)cc6)ccc5c4)cn(C)c(=O)c32)cc1. The summed E-state index contributed by atoms with van der Waals surface area (Å²) in [4.78, 5) is 34.1. The van der Waals surface area contributed by atoms with Crippen molar-refractivity contribution in [3.05, 3.63) is 113 Å². The first kappa shape index (κ1) is 31.3. The van der Waals surface area contributed by atoms with Gasteiger partial charge in [-0.05, 0) is 73.2 Å². The molecule has 0 atom stereocenters. The third kappa shape index (κ3) is 5.86. The molecule has 1 amide bonds. The normalized spacial score (nSPS) is 14.2. The fourth-order valence-corrected chi connectivity index (χ4v) is 7.40. The summed E-state index contributed by atoms with van der Waals surface area (Å²) in [5, 5.41) is 1.46. The smallest absolute Gasteiger partial charge is 0.275 e. The summed E-state index contributed by atoms with van der Waals surface area (Å²) in [7, 11) is -0.531. The summed E-state index contributed by atoms with van der Waals surface area (Å²) in [6.07, 6.45) is 3.19. The maximum atomic E-state index is 13.6. The minimum absolute atomic E-state index is 0.103. The molecule has 6 aromatic rings. The van der Waals surface area contributed by atoms with Gasteiger partial charge in [0.1, 0.15) is 17.9 Å². The predicted octanol–water partition coefficient (Wildman–Crippen LogP) is 4.92. The lowest BCUT2D eigenvalue weighted by Crippen LogP contribution is -2.49. The Balaban J connectivity index is 1.12. The molecule has 0 bridgehead atoms. The topological polar surface area (TPSA) is 107 Å². The van der Waals surface area contributed by atoms with Crippen LogP contribution in [0.15, 0.2) is 107 Å². The monoisotopic (exact) mass is 661 g/mol. The van der Waals surface area contributed by atoms with Crippen LogP contribution in [0.1, 0.15) is 5.56 Å². The van der Waals surface area contributed by atoms with Gasteiger partial charge in [0.2, 0.25) is 5.91 Å². The van der Waals surface area contributed by atoms with Gasteiger partial charge in [-0.15, -0.1) is 0 Å². The molecule has 0 spiro atoms. The molecule has 0 aliphatic carbocycles. The number of likely N-dealkylation sites (N-methyl/N-ethyl adjacent to an activating group) is 1. The van der Waals surface area contributed by atoms with E-state index in [1.165, 1.54) is 10.8 Å². The summed E-state index contributed by atoms with van der Waals surface area (Å²) in [6.45, 7) is 5.10. The van der Waals surface area contributed by atoms with Gasteiger partial charge in [0, 0.05) is 68.0 Å². The summed E-state index contributed by atoms with van der Waals surface area (Å²) in [5.74, 6) is 0.893. The van der Waals surface area contributed by atoms with E-state index >= 15 is 0 Å². The highest BCUT2D eigenvalue weighted by Crippen LogP contribution is 2.32. The third-order valence-corrected chi connectivity index (χ3v) is 10.6. The zero-order chi connectivity index (χ0) is 33.6. The van der Waals surface area contributed by atoms with Crippen LogP contribution >= 0.6 is 0 Å². The number of hydrogen-bond donors (Lipinski definition) is 0. The van der Waals surface area contributed by atoms with E-state index in [-0.39, 0.29) is 16.3 Å². The van der Waals surface area contributed by atoms with E-state index in [9.17, 15) is 18.0 Å². The Bertz CT molecular complexity index is 2350. The fraction of sp³-hybridized carbons (Fsp3) is 0.216. The van der Waals surface area contributed by atoms with Gasteiger partial charge < -0.3 is 14.2 Å². The molecule has 0 unspecified atom stereocenters. The Morgan fingerprint density at radius 2 is 1.60 bits per heavy atom. The van der Waals surface area contributed by atoms with Crippen LogP contribution in [-0.4, -0.2) is 77.5 Å². The molecule has 48 heavy (non-hydrogen) atoms. The van der Waals surface area contributed by atoms with Crippen molar-refractivity contribution < 1.29 is 17.9 Å². The largest absolute Gasteiger partial charge is 0.492 e. The molecule has 1 aliphatic rings. The highest BCUT2D eigenvalue weighted by molar-refractivity contribution is 7.90. The molecule has 0 saturated carbocycles. The van der Waals surface area contributed by atoms with Crippen molar-refractivity contribution in [1.82, 2.24) is 23.3 Å². The molecule has 4 heterocycles. The number of carbonyl (C=O) groups is 1. The minimum Gasteiger partial charge on any atom is -0.492 e. The Hall–Kier alpha value is -5.26. The number of hydrogen-bond acceptors (Lipinski definition) is 7. The lowest BCUT2D eigenvalue weighted by molar-refractivity contribution is -0.134. The number of aryl methyl sites for hydroxylation is 2. The maximum absolute atomic E-state index is 13.6. The molecular formula is C37H35N5O5S. The van der Waals surface area contributed by atoms with E-state index in [4.69, 9.17) is 9.72 Å². The Morgan fingerprint density at radius 1 is 0.854 bits per heavy atom. The van der Waals surface area contributed by atoms with Crippen LogP contribution < -0.4 is 10.3 Å². The number of fused-ring (bicyclic) bond motifs is 2. The molecule has 1 fully saturated rings. The second kappa shape index (κ2) is 12.4. The third-order valence-electron chi connectivity index (χ3n) is 8.93. The van der Waals surface area contributed by atoms with Crippen molar-refractivity contribution >= 4 is 37.7 Å². The van der Waals surface area contributed by atoms with Crippen molar-refractivity contribution in [3.63, 3.8) is 0 Å². The maximum Gasteiger partial charge on any atom is 0.275 e. The van der Waals surface area contributed by atoms with Crippen molar-refractivity contribution in [1.29, 1.82) is 0 Å². The van der Waals surface area contributed by atoms with E-state index in [2.05, 4.69) is 4.90 Å². The van der Waals surface area contributed by atoms with Crippen molar-refractivity contribution in [2.75, 3.05) is 39.8 Å². The minimum atomic E-state index is -3.99. The summed E-state index contributed by atoms with van der Waals surface area (Å²) in [6, 6.07) is 25.9. The van der Waals surface area contributed by atoms with E-state index in [1.54, 1.807) is 48.5 Å². The van der Waals surface area contributed by atoms with E-state index in [0.717, 1.165) is 61.7 Å². The van der Waals surface area contributed by atoms with Crippen LogP contribution in [0.4, 0.5) is 0 Å². The quantitative estimate of drug-likeness (QED) is 0.228. The molecule has 1 aliphatic heterocycles. The molecule has 244 valence electrons. The van der Waals surface area contributed by atoms with Gasteiger partial charge >= 0.3 is 0 Å². The number of benzene rings is 3. The summed E-state index contributed by atoms with van der Waals surface area (Å²) in [5.41, 5.74) is 4.80. The zero-order valence-corrected chi connectivity index (χ0v) is 27.8. The lowest BCUT2D eigenvalue weighted by Gasteiger charge is -2.31. The molecule has 7 rings (SSSR count). The Labute approximate surface area is 278 Å². The van der Waals surface area contributed by atoms with Crippen LogP contribution in [-0.2, 0) is 21.9 Å². The molecule has 0 N–H and O–H groups in total. The van der Waals surface area contributed by atoms with Gasteiger partial charge in [0.25, 0.3) is 15.6 Å². The molecule has 10 nitrogen and oxygen atoms in total. The summed E-state index contributed by atoms with van der Waals surface area (Å²) < 4.78 is 35.6. The Kier molecular flexibility index (Phi) is 8.10. The van der Waals surface area contributed by atoms with Crippen LogP contribution in [0.2, 0.25) is 0 Å². The number of nitrogens with zero attached hydrogens (tertiary/aromatic N) is 5. The number of piperazine rings is 1. The number of carbonyl (C=O) groups excluding carboxylic acids is 1. The van der Waals surface area contributed by atoms with Crippen molar-refractivity contribution in [2.45, 2.75) is 11.8 Å². The van der Waals surface area contributed by atoms with Gasteiger partial charge in [0.05, 0.1) is 22.7 Å². The lowest BCUT2D eigenvalue weighted by atomic mass is 10.0. The van der Waals surface area contributed by atoms with Gasteiger partial charge in [-0.1, -0.05) is 29.8 Å². The van der Waals surface area contributed by atoms with Gasteiger partial charge in [-0.3, -0.25) is 14.5 Å². The highest BCUT2D eigenvalue weighted by Gasteiger charge is 2.23. The zero-order valence-electron chi connectivity index (χ0n) is 27.0. The molecule has 0 radical (unpaired) electrons. The number of ether oxygens (including phenoxy) is 1. The molecule has 1 saturated heterocycles. The van der Waals surface area contributed by atoms with Crippen LogP contribution in [0.3, 0.4) is 0 Å². The first-order valence-corrected chi connectivity index (χ1v) is 17.2. The van der Waals surface area contributed by atoms with E-state index < -0.39 is 15.6 Å². The second-order valence-corrected chi connectivity index (χ2v) is 14.0. The van der Waals surface area contributed by atoms with Crippen LogP contribution in [0, 0.1) is 6.92 Å². The number of pyridine rings is 2. The predicted molar refractivity (Wildman–Crippen MR) is 187 cm³/mol. The van der Waals surface area contributed by atoms with Gasteiger partial charge in [-0.2, -0.15) is 0 Å². The number of rotatable bonds is 8. The van der Waals surface area contributed by atoms with Crippen molar-refractivity contribution in [2.24, 2.45) is 7.05 Å². The number of aromatic nitrogens is 3.